The summed E-state index contributed by atoms with van der Waals surface area (Å²) in [5, 5.41) is 8.58. The largest absolute Gasteiger partial charge is 0.481 e. The van der Waals surface area contributed by atoms with Gasteiger partial charge in [-0.15, -0.1) is 0 Å². The van der Waals surface area contributed by atoms with Gasteiger partial charge in [-0.3, -0.25) is 9.78 Å². The molecule has 0 aliphatic rings. The first-order valence-electron chi connectivity index (χ1n) is 3.81. The zero-order valence-corrected chi connectivity index (χ0v) is 6.88. The predicted octanol–water partition coefficient (Wildman–Crippen LogP) is 0.524. The van der Waals surface area contributed by atoms with Gasteiger partial charge in [-0.2, -0.15) is 0 Å². The van der Waals surface area contributed by atoms with Crippen LogP contribution >= 0.6 is 0 Å². The average molecular weight is 179 g/mol. The lowest BCUT2D eigenvalue weighted by molar-refractivity contribution is -0.143. The molecule has 0 saturated heterocycles. The van der Waals surface area contributed by atoms with E-state index < -0.39 is 11.9 Å². The van der Waals surface area contributed by atoms with E-state index in [1.54, 1.807) is 24.5 Å². The van der Waals surface area contributed by atoms with Gasteiger partial charge in [0.15, 0.2) is 0 Å². The quantitative estimate of drug-likeness (QED) is 0.540. The van der Waals surface area contributed by atoms with Crippen LogP contribution in [0.3, 0.4) is 0 Å². The van der Waals surface area contributed by atoms with Crippen LogP contribution < -0.4 is 0 Å². The third kappa shape index (κ3) is 2.66. The Bertz CT molecular complexity index is 297. The lowest BCUT2D eigenvalue weighted by atomic mass is 10.0. The van der Waals surface area contributed by atoms with Gasteiger partial charge < -0.3 is 9.90 Å². The van der Waals surface area contributed by atoms with E-state index in [1.165, 1.54) is 0 Å². The topological polar surface area (TPSA) is 67.3 Å². The number of aliphatic carboxylic acids is 1. The second-order valence-corrected chi connectivity index (χ2v) is 2.65. The van der Waals surface area contributed by atoms with Crippen LogP contribution in [0.4, 0.5) is 0 Å². The monoisotopic (exact) mass is 179 g/mol. The van der Waals surface area contributed by atoms with Gasteiger partial charge in [0, 0.05) is 12.4 Å². The Morgan fingerprint density at radius 3 is 2.92 bits per heavy atom. The van der Waals surface area contributed by atoms with Crippen LogP contribution in [0, 0.1) is 5.92 Å². The lowest BCUT2D eigenvalue weighted by Crippen LogP contribution is -2.17. The molecule has 4 nitrogen and oxygen atoms in total. The van der Waals surface area contributed by atoms with Crippen LogP contribution in [0.15, 0.2) is 24.5 Å². The van der Waals surface area contributed by atoms with Crippen LogP contribution in [0.25, 0.3) is 0 Å². The highest BCUT2D eigenvalue weighted by Crippen LogP contribution is 2.05. The molecule has 1 atom stereocenters. The lowest BCUT2D eigenvalue weighted by Gasteiger charge is -2.03. The van der Waals surface area contributed by atoms with Gasteiger partial charge in [-0.05, 0) is 18.1 Å². The van der Waals surface area contributed by atoms with Crippen molar-refractivity contribution >= 4 is 12.3 Å². The minimum absolute atomic E-state index is 0.201. The molecule has 68 valence electrons. The molecule has 13 heavy (non-hydrogen) atoms. The Balaban J connectivity index is 2.67. The van der Waals surface area contributed by atoms with Crippen molar-refractivity contribution in [1.82, 2.24) is 4.98 Å². The van der Waals surface area contributed by atoms with Gasteiger partial charge in [-0.25, -0.2) is 0 Å². The Morgan fingerprint density at radius 2 is 2.46 bits per heavy atom. The number of aldehydes is 1. The number of carboxylic acid groups (broad SMARTS) is 1. The standard InChI is InChI=1S/C9H9NO3/c11-6-8(9(12)13)4-7-2-1-3-10-5-7/h1-3,5-6,8H,4H2,(H,12,13). The summed E-state index contributed by atoms with van der Waals surface area (Å²) in [7, 11) is 0. The first-order valence-corrected chi connectivity index (χ1v) is 3.81. The highest BCUT2D eigenvalue weighted by atomic mass is 16.4. The number of carbonyl (C=O) groups is 2. The summed E-state index contributed by atoms with van der Waals surface area (Å²) < 4.78 is 0. The highest BCUT2D eigenvalue weighted by molar-refractivity contribution is 5.86. The Kier molecular flexibility index (Phi) is 3.14. The van der Waals surface area contributed by atoms with Crippen LogP contribution in [0.5, 0.6) is 0 Å². The number of nitrogens with zero attached hydrogens (tertiary/aromatic N) is 1. The fraction of sp³-hybridized carbons (Fsp3) is 0.222. The molecule has 1 unspecified atom stereocenters. The summed E-state index contributed by atoms with van der Waals surface area (Å²) in [6, 6.07) is 3.45. The fourth-order valence-corrected chi connectivity index (χ4v) is 0.966. The van der Waals surface area contributed by atoms with Gasteiger partial charge in [-0.1, -0.05) is 6.07 Å². The second-order valence-electron chi connectivity index (χ2n) is 2.65. The molecular formula is C9H9NO3. The number of aromatic nitrogens is 1. The van der Waals surface area contributed by atoms with Crippen molar-refractivity contribution in [2.75, 3.05) is 0 Å². The molecule has 0 amide bonds. The summed E-state index contributed by atoms with van der Waals surface area (Å²) in [6.07, 6.45) is 3.79. The number of carbonyl (C=O) groups excluding carboxylic acids is 1. The van der Waals surface area contributed by atoms with Gasteiger partial charge in [0.05, 0.1) is 0 Å². The van der Waals surface area contributed by atoms with Crippen LogP contribution in [0.1, 0.15) is 5.56 Å². The SMILES string of the molecule is O=CC(Cc1cccnc1)C(=O)O. The maximum Gasteiger partial charge on any atom is 0.314 e. The number of pyridine rings is 1. The smallest absolute Gasteiger partial charge is 0.314 e. The van der Waals surface area contributed by atoms with Gasteiger partial charge in [0.25, 0.3) is 0 Å². The molecule has 0 bridgehead atoms. The average Bonchev–Trinajstić information content (AvgIpc) is 2.15. The molecule has 1 aromatic rings. The van der Waals surface area contributed by atoms with E-state index in [1.807, 2.05) is 0 Å². The van der Waals surface area contributed by atoms with E-state index in [2.05, 4.69) is 4.98 Å². The maximum absolute atomic E-state index is 10.5. The molecule has 1 N–H and O–H groups in total. The molecule has 1 heterocycles. The first kappa shape index (κ1) is 9.38. The van der Waals surface area contributed by atoms with Gasteiger partial charge in [0.1, 0.15) is 12.2 Å². The van der Waals surface area contributed by atoms with Crippen molar-refractivity contribution in [1.29, 1.82) is 0 Å². The highest BCUT2D eigenvalue weighted by Gasteiger charge is 2.16. The second kappa shape index (κ2) is 4.35. The van der Waals surface area contributed by atoms with Gasteiger partial charge >= 0.3 is 5.97 Å². The predicted molar refractivity (Wildman–Crippen MR) is 45.1 cm³/mol. The first-order chi connectivity index (χ1) is 6.24. The van der Waals surface area contributed by atoms with Crippen LogP contribution in [-0.2, 0) is 16.0 Å². The molecule has 0 saturated carbocycles. The van der Waals surface area contributed by atoms with Gasteiger partial charge in [0.2, 0.25) is 0 Å². The molecule has 0 aliphatic heterocycles. The number of hydrogen-bond acceptors (Lipinski definition) is 3. The molecular weight excluding hydrogens is 170 g/mol. The summed E-state index contributed by atoms with van der Waals surface area (Å²) in [6.45, 7) is 0. The van der Waals surface area contributed by atoms with E-state index >= 15 is 0 Å². The van der Waals surface area contributed by atoms with Crippen molar-refractivity contribution < 1.29 is 14.7 Å². The minimum Gasteiger partial charge on any atom is -0.481 e. The summed E-state index contributed by atoms with van der Waals surface area (Å²) in [5.74, 6) is -2.07. The summed E-state index contributed by atoms with van der Waals surface area (Å²) in [4.78, 5) is 24.7. The number of hydrogen-bond donors (Lipinski definition) is 1. The van der Waals surface area contributed by atoms with Crippen LogP contribution in [0.2, 0.25) is 0 Å². The zero-order chi connectivity index (χ0) is 9.68. The molecule has 0 spiro atoms. The van der Waals surface area contributed by atoms with E-state index in [-0.39, 0.29) is 6.42 Å². The summed E-state index contributed by atoms with van der Waals surface area (Å²) in [5.41, 5.74) is 0.752. The fourth-order valence-electron chi connectivity index (χ4n) is 0.966. The molecule has 0 aliphatic carbocycles. The summed E-state index contributed by atoms with van der Waals surface area (Å²) >= 11 is 0. The Hall–Kier alpha value is -1.71. The number of carboxylic acids is 1. The molecule has 0 aromatic carbocycles. The van der Waals surface area contributed by atoms with E-state index in [9.17, 15) is 9.59 Å². The van der Waals surface area contributed by atoms with Crippen molar-refractivity contribution in [3.63, 3.8) is 0 Å². The molecule has 1 rings (SSSR count). The molecule has 4 heteroatoms. The van der Waals surface area contributed by atoms with E-state index in [0.717, 1.165) is 5.56 Å². The van der Waals surface area contributed by atoms with Crippen molar-refractivity contribution in [2.45, 2.75) is 6.42 Å². The Labute approximate surface area is 75.2 Å². The molecule has 0 radical (unpaired) electrons. The molecule has 1 aromatic heterocycles. The maximum atomic E-state index is 10.5. The van der Waals surface area contributed by atoms with Crippen molar-refractivity contribution in [2.24, 2.45) is 5.92 Å². The van der Waals surface area contributed by atoms with E-state index in [0.29, 0.717) is 6.29 Å². The van der Waals surface area contributed by atoms with Crippen molar-refractivity contribution in [3.8, 4) is 0 Å². The minimum atomic E-state index is -1.10. The van der Waals surface area contributed by atoms with E-state index in [4.69, 9.17) is 5.11 Å². The molecule has 0 fully saturated rings. The zero-order valence-electron chi connectivity index (χ0n) is 6.88. The third-order valence-electron chi connectivity index (χ3n) is 1.66. The van der Waals surface area contributed by atoms with Crippen molar-refractivity contribution in [3.05, 3.63) is 30.1 Å². The normalized spacial score (nSPS) is 12.0. The third-order valence-corrected chi connectivity index (χ3v) is 1.66. The number of rotatable bonds is 4. The van der Waals surface area contributed by atoms with Crippen LogP contribution in [-0.4, -0.2) is 22.3 Å². The Morgan fingerprint density at radius 1 is 1.69 bits per heavy atom.